The van der Waals surface area contributed by atoms with E-state index < -0.39 is 6.09 Å². The Bertz CT molecular complexity index is 144. The Morgan fingerprint density at radius 1 is 1.70 bits per heavy atom. The molecule has 0 aromatic rings. The van der Waals surface area contributed by atoms with E-state index in [1.165, 1.54) is 0 Å². The van der Waals surface area contributed by atoms with E-state index in [0.717, 1.165) is 0 Å². The van der Waals surface area contributed by atoms with E-state index in [1.54, 1.807) is 13.8 Å². The second kappa shape index (κ2) is 4.72. The lowest BCUT2D eigenvalue weighted by Gasteiger charge is -1.95. The summed E-state index contributed by atoms with van der Waals surface area (Å²) in [6.45, 7) is 3.63. The lowest BCUT2D eigenvalue weighted by molar-refractivity contribution is -0.521. The molecule has 0 heterocycles. The van der Waals surface area contributed by atoms with Crippen molar-refractivity contribution in [3.05, 3.63) is 5.21 Å². The van der Waals surface area contributed by atoms with E-state index in [4.69, 9.17) is 0 Å². The summed E-state index contributed by atoms with van der Waals surface area (Å²) in [5.74, 6) is 0. The zero-order chi connectivity index (χ0) is 7.98. The van der Waals surface area contributed by atoms with E-state index >= 15 is 0 Å². The van der Waals surface area contributed by atoms with Gasteiger partial charge in [0.25, 0.3) is 0 Å². The number of carbonyl (C=O) groups is 1. The van der Waals surface area contributed by atoms with Gasteiger partial charge < -0.3 is 9.94 Å². The summed E-state index contributed by atoms with van der Waals surface area (Å²) in [6.07, 6.45) is -0.834. The van der Waals surface area contributed by atoms with Crippen molar-refractivity contribution in [1.82, 2.24) is 0 Å². The summed E-state index contributed by atoms with van der Waals surface area (Å²) in [7, 11) is 0. The van der Waals surface area contributed by atoms with Crippen LogP contribution in [0.3, 0.4) is 0 Å². The van der Waals surface area contributed by atoms with Crippen molar-refractivity contribution in [2.75, 3.05) is 13.2 Å². The molecule has 0 aromatic heterocycles. The molecule has 0 unspecified atom stereocenters. The van der Waals surface area contributed by atoms with Crippen LogP contribution in [0, 0.1) is 5.21 Å². The van der Waals surface area contributed by atoms with E-state index in [9.17, 15) is 10.0 Å². The van der Waals surface area contributed by atoms with Gasteiger partial charge in [-0.2, -0.15) is 0 Å². The number of ether oxygens (including phenoxy) is 1. The topological polar surface area (TPSA) is 64.7 Å². The minimum atomic E-state index is -0.834. The Morgan fingerprint density at radius 3 is 2.70 bits per heavy atom. The summed E-state index contributed by atoms with van der Waals surface area (Å²) >= 11 is 0. The zero-order valence-corrected chi connectivity index (χ0v) is 6.03. The Labute approximate surface area is 58.9 Å². The molecule has 0 bridgehead atoms. The third-order valence-corrected chi connectivity index (χ3v) is 0.732. The fourth-order valence-electron chi connectivity index (χ4n) is 0.314. The molecule has 0 rings (SSSR count). The highest BCUT2D eigenvalue weighted by molar-refractivity contribution is 5.66. The molecule has 0 aliphatic carbocycles. The van der Waals surface area contributed by atoms with Crippen LogP contribution in [0.4, 0.5) is 4.79 Å². The van der Waals surface area contributed by atoms with Crippen molar-refractivity contribution in [1.29, 1.82) is 0 Å². The molecule has 0 saturated heterocycles. The first-order valence-electron chi connectivity index (χ1n) is 3.03. The predicted molar refractivity (Wildman–Crippen MR) is 33.6 cm³/mol. The molecule has 0 fully saturated rings. The van der Waals surface area contributed by atoms with E-state index in [-0.39, 0.29) is 18.0 Å². The van der Waals surface area contributed by atoms with Gasteiger partial charge in [0.15, 0.2) is 6.54 Å². The normalized spacial score (nSPS) is 11.2. The van der Waals surface area contributed by atoms with Crippen LogP contribution in [0.1, 0.15) is 13.8 Å². The highest BCUT2D eigenvalue weighted by Crippen LogP contribution is 1.84. The van der Waals surface area contributed by atoms with Gasteiger partial charge in [-0.3, -0.25) is 0 Å². The molecular formula is C5H10N2O3. The number of rotatable bonds is 2. The summed E-state index contributed by atoms with van der Waals surface area (Å²) in [5, 5.41) is 13.3. The molecule has 5 nitrogen and oxygen atoms in total. The molecule has 0 spiro atoms. The quantitative estimate of drug-likeness (QED) is 0.333. The largest absolute Gasteiger partial charge is 0.600 e. The minimum absolute atomic E-state index is 0.152. The van der Waals surface area contributed by atoms with Gasteiger partial charge in [-0.25, -0.2) is 4.79 Å². The number of hydrogen-bond donors (Lipinski definition) is 0. The molecule has 0 atom stereocenters. The fourth-order valence-corrected chi connectivity index (χ4v) is 0.314. The van der Waals surface area contributed by atoms with Crippen LogP contribution in [0.25, 0.3) is 0 Å². The molecular weight excluding hydrogens is 136 g/mol. The maximum atomic E-state index is 10.4. The molecule has 0 aliphatic rings. The average molecular weight is 146 g/mol. The van der Waals surface area contributed by atoms with Gasteiger partial charge in [0.2, 0.25) is 0 Å². The summed E-state index contributed by atoms with van der Waals surface area (Å²) in [5.41, 5.74) is 0. The van der Waals surface area contributed by atoms with Gasteiger partial charge >= 0.3 is 6.09 Å². The third kappa shape index (κ3) is 3.82. The number of carbonyl (C=O) groups excluding carboxylic acids is 1. The number of nitrogens with zero attached hydrogens (tertiary/aromatic N) is 2. The van der Waals surface area contributed by atoms with Crippen LogP contribution in [0.2, 0.25) is 0 Å². The molecule has 0 aromatic carbocycles. The summed E-state index contributed by atoms with van der Waals surface area (Å²) in [4.78, 5) is 10.7. The second-order valence-electron chi connectivity index (χ2n) is 1.47. The van der Waals surface area contributed by atoms with Crippen molar-refractivity contribution >= 4 is 6.09 Å². The molecule has 1 amide bonds. The van der Waals surface area contributed by atoms with Gasteiger partial charge in [-0.15, -0.1) is 0 Å². The fraction of sp³-hybridized carbons (Fsp3) is 0.800. The SMILES string of the molecule is CCOC(=O)/N=[N+](\[O-])CC. The summed E-state index contributed by atoms with van der Waals surface area (Å²) in [6, 6.07) is 0. The van der Waals surface area contributed by atoms with E-state index in [2.05, 4.69) is 9.85 Å². The van der Waals surface area contributed by atoms with Crippen molar-refractivity contribution in [3.63, 3.8) is 0 Å². The van der Waals surface area contributed by atoms with Gasteiger partial charge in [-0.1, -0.05) is 4.86 Å². The Hall–Kier alpha value is -1.13. The zero-order valence-electron chi connectivity index (χ0n) is 6.03. The number of azo groups is 1. The van der Waals surface area contributed by atoms with Crippen LogP contribution in [0.15, 0.2) is 5.11 Å². The van der Waals surface area contributed by atoms with Crippen LogP contribution in [0.5, 0.6) is 0 Å². The molecule has 5 heteroatoms. The van der Waals surface area contributed by atoms with Gasteiger partial charge in [0.05, 0.1) is 11.7 Å². The predicted octanol–water partition coefficient (Wildman–Crippen LogP) is 1.13. The standard InChI is InChI=1S/C5H10N2O3/c1-3-7(9)6-5(8)10-4-2/h3-4H2,1-2H3/b7-6-. The first kappa shape index (κ1) is 8.87. The smallest absolute Gasteiger partial charge is 0.491 e. The lowest BCUT2D eigenvalue weighted by atomic mass is 10.8. The minimum Gasteiger partial charge on any atom is -0.600 e. The Kier molecular flexibility index (Phi) is 4.19. The monoisotopic (exact) mass is 146 g/mol. The second-order valence-corrected chi connectivity index (χ2v) is 1.47. The molecule has 0 N–H and O–H groups in total. The molecule has 0 aliphatic heterocycles. The van der Waals surface area contributed by atoms with Crippen molar-refractivity contribution in [2.24, 2.45) is 5.11 Å². The first-order valence-corrected chi connectivity index (χ1v) is 3.03. The molecule has 0 radical (unpaired) electrons. The average Bonchev–Trinajstić information content (AvgIpc) is 1.88. The molecule has 0 saturated carbocycles. The Morgan fingerprint density at radius 2 is 2.30 bits per heavy atom. The van der Waals surface area contributed by atoms with Crippen molar-refractivity contribution < 1.29 is 14.4 Å². The van der Waals surface area contributed by atoms with Crippen LogP contribution in [-0.4, -0.2) is 24.1 Å². The number of hydroxylamine groups is 1. The maximum Gasteiger partial charge on any atom is 0.491 e. The molecule has 10 heavy (non-hydrogen) atoms. The van der Waals surface area contributed by atoms with Crippen LogP contribution in [-0.2, 0) is 4.74 Å². The summed E-state index contributed by atoms with van der Waals surface area (Å²) < 4.78 is 4.37. The van der Waals surface area contributed by atoms with Crippen LogP contribution >= 0.6 is 0 Å². The lowest BCUT2D eigenvalue weighted by Crippen LogP contribution is -2.05. The third-order valence-electron chi connectivity index (χ3n) is 0.732. The van der Waals surface area contributed by atoms with E-state index in [1.807, 2.05) is 0 Å². The molecule has 58 valence electrons. The number of amides is 1. The van der Waals surface area contributed by atoms with Crippen molar-refractivity contribution in [2.45, 2.75) is 13.8 Å². The first-order chi connectivity index (χ1) is 4.70. The van der Waals surface area contributed by atoms with Crippen LogP contribution < -0.4 is 0 Å². The van der Waals surface area contributed by atoms with E-state index in [0.29, 0.717) is 0 Å². The van der Waals surface area contributed by atoms with Gasteiger partial charge in [-0.05, 0) is 13.8 Å². The van der Waals surface area contributed by atoms with Crippen molar-refractivity contribution in [3.8, 4) is 0 Å². The van der Waals surface area contributed by atoms with Gasteiger partial charge in [0, 0.05) is 0 Å². The highest BCUT2D eigenvalue weighted by Gasteiger charge is 2.01. The Balaban J connectivity index is 3.75. The highest BCUT2D eigenvalue weighted by atomic mass is 16.6. The van der Waals surface area contributed by atoms with Gasteiger partial charge in [0.1, 0.15) is 0 Å². The number of hydrogen-bond acceptors (Lipinski definition) is 3. The maximum absolute atomic E-state index is 10.4.